The van der Waals surface area contributed by atoms with E-state index in [4.69, 9.17) is 4.74 Å². The average Bonchev–Trinajstić information content (AvgIpc) is 3.19. The van der Waals surface area contributed by atoms with Crippen LogP contribution in [0.5, 0.6) is 5.75 Å². The summed E-state index contributed by atoms with van der Waals surface area (Å²) in [4.78, 5) is 17.3. The molecule has 2 aliphatic heterocycles. The van der Waals surface area contributed by atoms with Gasteiger partial charge in [-0.1, -0.05) is 24.3 Å². The van der Waals surface area contributed by atoms with Crippen molar-refractivity contribution in [2.24, 2.45) is 11.8 Å². The Morgan fingerprint density at radius 1 is 1.14 bits per heavy atom. The molecule has 1 amide bonds. The van der Waals surface area contributed by atoms with Crippen molar-refractivity contribution in [1.82, 2.24) is 9.80 Å². The number of fused-ring (bicyclic) bond motifs is 1. The highest BCUT2D eigenvalue weighted by atomic mass is 35.5. The van der Waals surface area contributed by atoms with Crippen molar-refractivity contribution in [2.75, 3.05) is 33.8 Å². The number of halogens is 2. The van der Waals surface area contributed by atoms with Gasteiger partial charge >= 0.3 is 0 Å². The molecule has 6 heteroatoms. The lowest BCUT2D eigenvalue weighted by Gasteiger charge is -2.28. The zero-order valence-electron chi connectivity index (χ0n) is 16.4. The molecular weight excluding hydrogens is 379 g/mol. The summed E-state index contributed by atoms with van der Waals surface area (Å²) >= 11 is 0. The summed E-state index contributed by atoms with van der Waals surface area (Å²) < 4.78 is 18.7. The van der Waals surface area contributed by atoms with Crippen LogP contribution in [0.1, 0.15) is 27.5 Å². The maximum atomic E-state index is 13.7. The van der Waals surface area contributed by atoms with Crippen LogP contribution in [-0.2, 0) is 0 Å². The summed E-state index contributed by atoms with van der Waals surface area (Å²) in [6.07, 6.45) is 0. The molecular formula is C22H26ClFN2O2. The number of hydrogen-bond acceptors (Lipinski definition) is 3. The van der Waals surface area contributed by atoms with Crippen molar-refractivity contribution in [1.29, 1.82) is 0 Å². The van der Waals surface area contributed by atoms with E-state index in [1.807, 2.05) is 4.90 Å². The third-order valence-corrected chi connectivity index (χ3v) is 6.09. The largest absolute Gasteiger partial charge is 0.494 e. The number of ether oxygens (including phenoxy) is 1. The Morgan fingerprint density at radius 2 is 1.89 bits per heavy atom. The van der Waals surface area contributed by atoms with Gasteiger partial charge in [-0.25, -0.2) is 4.39 Å². The Hall–Kier alpha value is -2.11. The predicted molar refractivity (Wildman–Crippen MR) is 110 cm³/mol. The molecule has 2 heterocycles. The third-order valence-electron chi connectivity index (χ3n) is 6.09. The number of carbonyl (C=O) groups excluding carboxylic acids is 1. The highest BCUT2D eigenvalue weighted by Gasteiger charge is 2.47. The molecule has 150 valence electrons. The van der Waals surface area contributed by atoms with E-state index < -0.39 is 5.82 Å². The molecule has 2 aromatic carbocycles. The number of aryl methyl sites for hydroxylation is 1. The van der Waals surface area contributed by atoms with E-state index in [0.29, 0.717) is 23.4 Å². The van der Waals surface area contributed by atoms with Crippen LogP contribution in [0.15, 0.2) is 42.5 Å². The number of hydrogen-bond donors (Lipinski definition) is 0. The van der Waals surface area contributed by atoms with Crippen LogP contribution in [0.25, 0.3) is 0 Å². The number of benzene rings is 2. The van der Waals surface area contributed by atoms with Gasteiger partial charge in [0.15, 0.2) is 11.6 Å². The molecule has 0 aliphatic carbocycles. The lowest BCUT2D eigenvalue weighted by molar-refractivity contribution is 0.0767. The molecule has 4 rings (SSSR count). The Morgan fingerprint density at radius 3 is 2.61 bits per heavy atom. The molecule has 0 saturated carbocycles. The molecule has 2 aromatic rings. The SMILES string of the molecule is COc1cc(C(=O)N2C[C@@H]3CN(C)[C@H](c4ccccc4C)[C@@H]3C2)ccc1F.Cl. The normalized spacial score (nSPS) is 24.0. The standard InChI is InChI=1S/C22H25FN2O2.ClH/c1-14-6-4-5-7-17(14)21-18-13-25(12-16(18)11-24(21)2)22(26)15-8-9-19(23)20(10-15)27-3;/h4-10,16,18,21H,11-13H2,1-3H3;1H/t16-,18+,21+;/m0./s1. The van der Waals surface area contributed by atoms with Gasteiger partial charge in [-0.3, -0.25) is 9.69 Å². The molecule has 0 bridgehead atoms. The number of carbonyl (C=O) groups is 1. The van der Waals surface area contributed by atoms with Gasteiger partial charge in [0.05, 0.1) is 7.11 Å². The summed E-state index contributed by atoms with van der Waals surface area (Å²) in [5.74, 6) is 0.494. The molecule has 3 atom stereocenters. The summed E-state index contributed by atoms with van der Waals surface area (Å²) in [7, 11) is 3.59. The van der Waals surface area contributed by atoms with Crippen LogP contribution < -0.4 is 4.74 Å². The summed E-state index contributed by atoms with van der Waals surface area (Å²) in [6, 6.07) is 13.2. The van der Waals surface area contributed by atoms with Gasteiger partial charge in [-0.15, -0.1) is 12.4 Å². The van der Waals surface area contributed by atoms with E-state index >= 15 is 0 Å². The molecule has 0 spiro atoms. The number of methoxy groups -OCH3 is 1. The van der Waals surface area contributed by atoms with Gasteiger partial charge < -0.3 is 9.64 Å². The highest BCUT2D eigenvalue weighted by molar-refractivity contribution is 5.94. The number of rotatable bonds is 3. The van der Waals surface area contributed by atoms with Crippen LogP contribution in [-0.4, -0.2) is 49.5 Å². The van der Waals surface area contributed by atoms with Crippen molar-refractivity contribution in [3.8, 4) is 5.75 Å². The number of nitrogens with zero attached hydrogens (tertiary/aromatic N) is 2. The first-order valence-electron chi connectivity index (χ1n) is 9.38. The maximum Gasteiger partial charge on any atom is 0.254 e. The molecule has 0 N–H and O–H groups in total. The van der Waals surface area contributed by atoms with E-state index in [9.17, 15) is 9.18 Å². The molecule has 28 heavy (non-hydrogen) atoms. The third kappa shape index (κ3) is 3.49. The van der Waals surface area contributed by atoms with Gasteiger partial charge in [-0.05, 0) is 49.2 Å². The van der Waals surface area contributed by atoms with Crippen LogP contribution in [0.2, 0.25) is 0 Å². The van der Waals surface area contributed by atoms with Crippen LogP contribution in [0, 0.1) is 24.6 Å². The molecule has 2 aliphatic rings. The zero-order valence-corrected chi connectivity index (χ0v) is 17.2. The Kier molecular flexibility index (Phi) is 5.96. The quantitative estimate of drug-likeness (QED) is 0.776. The van der Waals surface area contributed by atoms with Crippen molar-refractivity contribution in [2.45, 2.75) is 13.0 Å². The Balaban J connectivity index is 0.00000225. The molecule has 2 saturated heterocycles. The minimum absolute atomic E-state index is 0. The average molecular weight is 405 g/mol. The van der Waals surface area contributed by atoms with Gasteiger partial charge in [0.2, 0.25) is 0 Å². The molecule has 0 unspecified atom stereocenters. The van der Waals surface area contributed by atoms with E-state index in [1.54, 1.807) is 6.07 Å². The fourth-order valence-corrected chi connectivity index (χ4v) is 4.79. The van der Waals surface area contributed by atoms with Gasteiger partial charge in [0, 0.05) is 37.2 Å². The number of amides is 1. The first-order valence-corrected chi connectivity index (χ1v) is 9.38. The highest BCUT2D eigenvalue weighted by Crippen LogP contribution is 2.45. The zero-order chi connectivity index (χ0) is 19.1. The minimum atomic E-state index is -0.450. The maximum absolute atomic E-state index is 13.7. The lowest BCUT2D eigenvalue weighted by Crippen LogP contribution is -2.33. The Labute approximate surface area is 171 Å². The van der Waals surface area contributed by atoms with Gasteiger partial charge in [0.1, 0.15) is 0 Å². The smallest absolute Gasteiger partial charge is 0.254 e. The van der Waals surface area contributed by atoms with E-state index in [2.05, 4.69) is 43.1 Å². The van der Waals surface area contributed by atoms with Crippen LogP contribution in [0.4, 0.5) is 4.39 Å². The molecule has 0 radical (unpaired) electrons. The minimum Gasteiger partial charge on any atom is -0.494 e. The predicted octanol–water partition coefficient (Wildman–Crippen LogP) is 3.94. The molecule has 4 nitrogen and oxygen atoms in total. The van der Waals surface area contributed by atoms with Crippen molar-refractivity contribution in [3.05, 3.63) is 65.0 Å². The van der Waals surface area contributed by atoms with Crippen LogP contribution in [0.3, 0.4) is 0 Å². The first kappa shape index (κ1) is 20.6. The summed E-state index contributed by atoms with van der Waals surface area (Å²) in [6.45, 7) is 4.61. The van der Waals surface area contributed by atoms with Crippen molar-refractivity contribution in [3.63, 3.8) is 0 Å². The molecule has 0 aromatic heterocycles. The van der Waals surface area contributed by atoms with Crippen molar-refractivity contribution >= 4 is 18.3 Å². The van der Waals surface area contributed by atoms with Gasteiger partial charge in [-0.2, -0.15) is 0 Å². The second kappa shape index (κ2) is 8.10. The van der Waals surface area contributed by atoms with E-state index in [1.165, 1.54) is 30.4 Å². The summed E-state index contributed by atoms with van der Waals surface area (Å²) in [5.41, 5.74) is 3.13. The fraction of sp³-hybridized carbons (Fsp3) is 0.409. The second-order valence-corrected chi connectivity index (χ2v) is 7.72. The second-order valence-electron chi connectivity index (χ2n) is 7.72. The van der Waals surface area contributed by atoms with Gasteiger partial charge in [0.25, 0.3) is 5.91 Å². The Bertz CT molecular complexity index is 875. The van der Waals surface area contributed by atoms with E-state index in [0.717, 1.165) is 19.6 Å². The van der Waals surface area contributed by atoms with Crippen molar-refractivity contribution < 1.29 is 13.9 Å². The van der Waals surface area contributed by atoms with Crippen LogP contribution >= 0.6 is 12.4 Å². The number of likely N-dealkylation sites (tertiary alicyclic amines) is 2. The van der Waals surface area contributed by atoms with E-state index in [-0.39, 0.29) is 24.1 Å². The topological polar surface area (TPSA) is 32.8 Å². The monoisotopic (exact) mass is 404 g/mol. The first-order chi connectivity index (χ1) is 13.0. The lowest BCUT2D eigenvalue weighted by atomic mass is 9.88. The molecule has 2 fully saturated rings. The fourth-order valence-electron chi connectivity index (χ4n) is 4.79. The summed E-state index contributed by atoms with van der Waals surface area (Å²) in [5, 5.41) is 0.